The number of para-hydroxylation sites is 1. The molecule has 1 aromatic carbocycles. The molecule has 1 atom stereocenters. The van der Waals surface area contributed by atoms with Gasteiger partial charge in [-0.15, -0.1) is 0 Å². The molecule has 124 valence electrons. The second kappa shape index (κ2) is 5.93. The lowest BCUT2D eigenvalue weighted by atomic mass is 10.1. The predicted molar refractivity (Wildman–Crippen MR) is 91.3 cm³/mol. The zero-order chi connectivity index (χ0) is 16.6. The Kier molecular flexibility index (Phi) is 3.75. The van der Waals surface area contributed by atoms with Gasteiger partial charge >= 0.3 is 0 Å². The molecule has 0 unspecified atom stereocenters. The lowest BCUT2D eigenvalue weighted by Gasteiger charge is -2.24. The number of nitrogens with zero attached hydrogens (tertiary/aromatic N) is 2. The Bertz CT molecular complexity index is 740. The number of amides is 1. The van der Waals surface area contributed by atoms with Crippen molar-refractivity contribution in [3.05, 3.63) is 59.9 Å². The molecule has 0 saturated heterocycles. The fraction of sp³-hybridized carbons (Fsp3) is 0.400. The molecular formula is C20H22N2O2. The highest BCUT2D eigenvalue weighted by molar-refractivity contribution is 5.83. The number of ether oxygens (including phenoxy) is 1. The SMILES string of the molecule is COc1ccccc1CN(Cc1ccncc1)C(=O)[C@@H]1CC12CC2. The first-order valence-electron chi connectivity index (χ1n) is 8.51. The Morgan fingerprint density at radius 3 is 2.62 bits per heavy atom. The second-order valence-electron chi connectivity index (χ2n) is 6.98. The van der Waals surface area contributed by atoms with Gasteiger partial charge in [-0.25, -0.2) is 0 Å². The minimum Gasteiger partial charge on any atom is -0.496 e. The molecule has 0 bridgehead atoms. The molecule has 1 spiro atoms. The van der Waals surface area contributed by atoms with Crippen molar-refractivity contribution in [1.82, 2.24) is 9.88 Å². The summed E-state index contributed by atoms with van der Waals surface area (Å²) in [6.45, 7) is 1.20. The van der Waals surface area contributed by atoms with Crippen LogP contribution in [0, 0.1) is 11.3 Å². The van der Waals surface area contributed by atoms with Gasteiger partial charge in [0, 0.05) is 37.0 Å². The fourth-order valence-electron chi connectivity index (χ4n) is 3.59. The summed E-state index contributed by atoms with van der Waals surface area (Å²) in [5.74, 6) is 1.35. The first-order valence-corrected chi connectivity index (χ1v) is 8.51. The smallest absolute Gasteiger partial charge is 0.226 e. The van der Waals surface area contributed by atoms with E-state index in [4.69, 9.17) is 4.74 Å². The van der Waals surface area contributed by atoms with Crippen molar-refractivity contribution in [3.63, 3.8) is 0 Å². The van der Waals surface area contributed by atoms with Crippen LogP contribution < -0.4 is 4.74 Å². The fourth-order valence-corrected chi connectivity index (χ4v) is 3.59. The highest BCUT2D eigenvalue weighted by atomic mass is 16.5. The van der Waals surface area contributed by atoms with E-state index in [2.05, 4.69) is 4.98 Å². The van der Waals surface area contributed by atoms with Crippen LogP contribution >= 0.6 is 0 Å². The van der Waals surface area contributed by atoms with Gasteiger partial charge in [0.1, 0.15) is 5.75 Å². The Labute approximate surface area is 142 Å². The normalized spacial score (nSPS) is 19.8. The maximum Gasteiger partial charge on any atom is 0.226 e. The Morgan fingerprint density at radius 2 is 1.96 bits per heavy atom. The van der Waals surface area contributed by atoms with Crippen molar-refractivity contribution in [1.29, 1.82) is 0 Å². The largest absolute Gasteiger partial charge is 0.496 e. The summed E-state index contributed by atoms with van der Waals surface area (Å²) in [5, 5.41) is 0. The molecule has 1 heterocycles. The second-order valence-corrected chi connectivity index (χ2v) is 6.98. The predicted octanol–water partition coefficient (Wildman–Crippen LogP) is 3.42. The molecule has 2 aromatic rings. The van der Waals surface area contributed by atoms with Gasteiger partial charge in [-0.3, -0.25) is 9.78 Å². The number of carbonyl (C=O) groups is 1. The molecule has 4 rings (SSSR count). The first-order chi connectivity index (χ1) is 11.7. The number of rotatable bonds is 6. The summed E-state index contributed by atoms with van der Waals surface area (Å²) in [6.07, 6.45) is 7.08. The Hall–Kier alpha value is -2.36. The highest BCUT2D eigenvalue weighted by Gasteiger charge is 2.66. The number of hydrogen-bond acceptors (Lipinski definition) is 3. The van der Waals surface area contributed by atoms with Gasteiger partial charge in [0.25, 0.3) is 0 Å². The average molecular weight is 322 g/mol. The monoisotopic (exact) mass is 322 g/mol. The van der Waals surface area contributed by atoms with Gasteiger partial charge in [0.15, 0.2) is 0 Å². The third-order valence-electron chi connectivity index (χ3n) is 5.37. The van der Waals surface area contributed by atoms with Crippen molar-refractivity contribution in [2.24, 2.45) is 11.3 Å². The van der Waals surface area contributed by atoms with Crippen LogP contribution in [-0.2, 0) is 17.9 Å². The minimum atomic E-state index is 0.231. The van der Waals surface area contributed by atoms with E-state index in [0.717, 1.165) is 23.3 Å². The number of pyridine rings is 1. The van der Waals surface area contributed by atoms with Gasteiger partial charge in [-0.2, -0.15) is 0 Å². The van der Waals surface area contributed by atoms with Crippen molar-refractivity contribution in [2.45, 2.75) is 32.4 Å². The molecule has 0 radical (unpaired) electrons. The summed E-state index contributed by atoms with van der Waals surface area (Å²) in [6, 6.07) is 11.9. The molecule has 2 fully saturated rings. The molecule has 2 aliphatic carbocycles. The van der Waals surface area contributed by atoms with Crippen LogP contribution in [0.3, 0.4) is 0 Å². The van der Waals surface area contributed by atoms with E-state index in [1.807, 2.05) is 41.3 Å². The van der Waals surface area contributed by atoms with Crippen LogP contribution in [0.15, 0.2) is 48.8 Å². The average Bonchev–Trinajstić information content (AvgIpc) is 3.55. The summed E-state index contributed by atoms with van der Waals surface area (Å²) in [4.78, 5) is 19.1. The maximum absolute atomic E-state index is 13.0. The first kappa shape index (κ1) is 15.2. The summed E-state index contributed by atoms with van der Waals surface area (Å²) >= 11 is 0. The van der Waals surface area contributed by atoms with Crippen molar-refractivity contribution in [2.75, 3.05) is 7.11 Å². The van der Waals surface area contributed by atoms with Gasteiger partial charge in [0.2, 0.25) is 5.91 Å². The molecule has 24 heavy (non-hydrogen) atoms. The van der Waals surface area contributed by atoms with Crippen LogP contribution in [0.1, 0.15) is 30.4 Å². The Morgan fingerprint density at radius 1 is 1.21 bits per heavy atom. The molecule has 2 aliphatic rings. The van der Waals surface area contributed by atoms with Crippen LogP contribution in [0.4, 0.5) is 0 Å². The zero-order valence-electron chi connectivity index (χ0n) is 13.9. The van der Waals surface area contributed by atoms with Crippen molar-refractivity contribution in [3.8, 4) is 5.75 Å². The number of carbonyl (C=O) groups excluding carboxylic acids is 1. The van der Waals surface area contributed by atoms with E-state index in [1.165, 1.54) is 12.8 Å². The molecule has 1 amide bonds. The maximum atomic E-state index is 13.0. The van der Waals surface area contributed by atoms with Crippen molar-refractivity contribution < 1.29 is 9.53 Å². The molecule has 4 nitrogen and oxygen atoms in total. The lowest BCUT2D eigenvalue weighted by molar-refractivity contribution is -0.134. The molecule has 4 heteroatoms. The highest BCUT2D eigenvalue weighted by Crippen LogP contribution is 2.71. The minimum absolute atomic E-state index is 0.231. The van der Waals surface area contributed by atoms with E-state index in [-0.39, 0.29) is 11.8 Å². The summed E-state index contributed by atoms with van der Waals surface area (Å²) in [7, 11) is 1.67. The number of methoxy groups -OCH3 is 1. The Balaban J connectivity index is 1.56. The quantitative estimate of drug-likeness (QED) is 0.818. The van der Waals surface area contributed by atoms with E-state index >= 15 is 0 Å². The van der Waals surface area contributed by atoms with E-state index in [1.54, 1.807) is 19.5 Å². The third kappa shape index (κ3) is 2.88. The van der Waals surface area contributed by atoms with Gasteiger partial charge in [0.05, 0.1) is 7.11 Å². The van der Waals surface area contributed by atoms with Crippen LogP contribution in [0.5, 0.6) is 5.75 Å². The standard InChI is InChI=1S/C20H22N2O2/c1-24-18-5-3-2-4-16(18)14-22(13-15-6-10-21-11-7-15)19(23)17-12-20(17)8-9-20/h2-7,10-11,17H,8-9,12-14H2,1H3/t17-/m0/s1. The van der Waals surface area contributed by atoms with E-state index in [0.29, 0.717) is 18.5 Å². The zero-order valence-corrected chi connectivity index (χ0v) is 13.9. The molecule has 2 saturated carbocycles. The van der Waals surface area contributed by atoms with Crippen molar-refractivity contribution >= 4 is 5.91 Å². The molecule has 1 aromatic heterocycles. The van der Waals surface area contributed by atoms with Gasteiger partial charge < -0.3 is 9.64 Å². The number of aromatic nitrogens is 1. The molecule has 0 aliphatic heterocycles. The van der Waals surface area contributed by atoms with Crippen LogP contribution in [-0.4, -0.2) is 22.9 Å². The summed E-state index contributed by atoms with van der Waals surface area (Å²) in [5.41, 5.74) is 2.53. The third-order valence-corrected chi connectivity index (χ3v) is 5.37. The van der Waals surface area contributed by atoms with E-state index in [9.17, 15) is 4.79 Å². The lowest BCUT2D eigenvalue weighted by Crippen LogP contribution is -2.32. The van der Waals surface area contributed by atoms with Crippen LogP contribution in [0.2, 0.25) is 0 Å². The topological polar surface area (TPSA) is 42.4 Å². The molecule has 0 N–H and O–H groups in total. The van der Waals surface area contributed by atoms with Crippen LogP contribution in [0.25, 0.3) is 0 Å². The van der Waals surface area contributed by atoms with Gasteiger partial charge in [-0.1, -0.05) is 18.2 Å². The molecular weight excluding hydrogens is 300 g/mol. The number of hydrogen-bond donors (Lipinski definition) is 0. The van der Waals surface area contributed by atoms with E-state index < -0.39 is 0 Å². The van der Waals surface area contributed by atoms with Gasteiger partial charge in [-0.05, 0) is 48.4 Å². The number of benzene rings is 1. The summed E-state index contributed by atoms with van der Waals surface area (Å²) < 4.78 is 5.46.